The Hall–Kier alpha value is -1.30. The molecule has 1 aromatic rings. The predicted octanol–water partition coefficient (Wildman–Crippen LogP) is 3.33. The first kappa shape index (κ1) is 16.1. The number of halogens is 2. The van der Waals surface area contributed by atoms with Gasteiger partial charge in [-0.3, -0.25) is 9.00 Å². The average Bonchev–Trinajstić information content (AvgIpc) is 2.40. The Kier molecular flexibility index (Phi) is 5.08. The molecular formula is C15H19F2NO2S. The van der Waals surface area contributed by atoms with Crippen molar-refractivity contribution in [3.8, 4) is 0 Å². The van der Waals surface area contributed by atoms with Crippen LogP contribution < -0.4 is 5.32 Å². The van der Waals surface area contributed by atoms with E-state index in [4.69, 9.17) is 0 Å². The molecule has 1 atom stereocenters. The summed E-state index contributed by atoms with van der Waals surface area (Å²) in [6.45, 7) is 0. The van der Waals surface area contributed by atoms with Crippen LogP contribution in [0.2, 0.25) is 0 Å². The van der Waals surface area contributed by atoms with Crippen LogP contribution in [0.1, 0.15) is 31.2 Å². The molecule has 1 amide bonds. The topological polar surface area (TPSA) is 46.2 Å². The highest BCUT2D eigenvalue weighted by molar-refractivity contribution is 7.83. The zero-order valence-corrected chi connectivity index (χ0v) is 12.7. The number of carbonyl (C=O) groups excluding carboxylic acids is 1. The van der Waals surface area contributed by atoms with Crippen molar-refractivity contribution < 1.29 is 17.8 Å². The molecule has 0 heterocycles. The van der Waals surface area contributed by atoms with Crippen LogP contribution >= 0.6 is 0 Å². The van der Waals surface area contributed by atoms with Crippen molar-refractivity contribution >= 4 is 22.4 Å². The van der Waals surface area contributed by atoms with Gasteiger partial charge in [-0.05, 0) is 24.5 Å². The van der Waals surface area contributed by atoms with Crippen LogP contribution in [0, 0.1) is 5.92 Å². The van der Waals surface area contributed by atoms with Gasteiger partial charge in [-0.15, -0.1) is 0 Å². The summed E-state index contributed by atoms with van der Waals surface area (Å²) in [5.41, 5.74) is 1.42. The Morgan fingerprint density at radius 3 is 2.57 bits per heavy atom. The first-order chi connectivity index (χ1) is 9.87. The van der Waals surface area contributed by atoms with Crippen molar-refractivity contribution in [3.63, 3.8) is 0 Å². The lowest BCUT2D eigenvalue weighted by Gasteiger charge is -2.27. The van der Waals surface area contributed by atoms with Crippen molar-refractivity contribution in [3.05, 3.63) is 29.8 Å². The van der Waals surface area contributed by atoms with Gasteiger partial charge in [0.05, 0.1) is 5.75 Å². The number of carbonyl (C=O) groups is 1. The van der Waals surface area contributed by atoms with Gasteiger partial charge in [-0.1, -0.05) is 18.2 Å². The van der Waals surface area contributed by atoms with Crippen molar-refractivity contribution in [1.29, 1.82) is 0 Å². The third-order valence-corrected chi connectivity index (χ3v) is 4.44. The first-order valence-electron chi connectivity index (χ1n) is 6.94. The highest BCUT2D eigenvalue weighted by Crippen LogP contribution is 2.36. The molecule has 0 saturated heterocycles. The van der Waals surface area contributed by atoms with Gasteiger partial charge in [-0.25, -0.2) is 8.78 Å². The lowest BCUT2D eigenvalue weighted by atomic mass is 9.86. The maximum Gasteiger partial charge on any atom is 0.248 e. The fourth-order valence-corrected chi connectivity index (χ4v) is 3.21. The van der Waals surface area contributed by atoms with Crippen LogP contribution in [0.3, 0.4) is 0 Å². The molecule has 1 fully saturated rings. The molecule has 0 bridgehead atoms. The number of para-hydroxylation sites is 1. The average molecular weight is 315 g/mol. The van der Waals surface area contributed by atoms with Crippen molar-refractivity contribution in [2.24, 2.45) is 5.92 Å². The number of hydrogen-bond acceptors (Lipinski definition) is 2. The van der Waals surface area contributed by atoms with Crippen LogP contribution in [0.4, 0.5) is 14.5 Å². The number of rotatable bonds is 4. The molecule has 0 aromatic heterocycles. The van der Waals surface area contributed by atoms with Gasteiger partial charge in [0, 0.05) is 41.5 Å². The van der Waals surface area contributed by atoms with E-state index in [1.54, 1.807) is 18.4 Å². The van der Waals surface area contributed by atoms with E-state index in [-0.39, 0.29) is 37.5 Å². The maximum absolute atomic E-state index is 13.1. The second-order valence-corrected chi connectivity index (χ2v) is 6.93. The van der Waals surface area contributed by atoms with Gasteiger partial charge in [0.1, 0.15) is 0 Å². The van der Waals surface area contributed by atoms with Crippen molar-refractivity contribution in [2.75, 3.05) is 11.6 Å². The molecule has 1 N–H and O–H groups in total. The number of hydrogen-bond donors (Lipinski definition) is 1. The molecule has 3 nitrogen and oxygen atoms in total. The quantitative estimate of drug-likeness (QED) is 0.926. The minimum atomic E-state index is -2.63. The molecule has 0 radical (unpaired) electrons. The van der Waals surface area contributed by atoms with Crippen LogP contribution in [-0.4, -0.2) is 22.3 Å². The first-order valence-corrected chi connectivity index (χ1v) is 8.67. The van der Waals surface area contributed by atoms with E-state index in [2.05, 4.69) is 5.32 Å². The van der Waals surface area contributed by atoms with Crippen molar-refractivity contribution in [2.45, 2.75) is 37.4 Å². The minimum Gasteiger partial charge on any atom is -0.326 e. The summed E-state index contributed by atoms with van der Waals surface area (Å²) in [4.78, 5) is 12.2. The van der Waals surface area contributed by atoms with Gasteiger partial charge in [-0.2, -0.15) is 0 Å². The smallest absolute Gasteiger partial charge is 0.248 e. The fraction of sp³-hybridized carbons (Fsp3) is 0.533. The molecule has 1 saturated carbocycles. The normalized spacial score (nSPS) is 20.0. The summed E-state index contributed by atoms with van der Waals surface area (Å²) >= 11 is 0. The predicted molar refractivity (Wildman–Crippen MR) is 79.7 cm³/mol. The zero-order chi connectivity index (χ0) is 15.5. The van der Waals surface area contributed by atoms with Gasteiger partial charge >= 0.3 is 0 Å². The molecule has 1 aliphatic rings. The Morgan fingerprint density at radius 1 is 1.33 bits per heavy atom. The second-order valence-electron chi connectivity index (χ2n) is 5.49. The summed E-state index contributed by atoms with van der Waals surface area (Å²) in [6, 6.07) is 7.16. The van der Waals surface area contributed by atoms with E-state index in [1.807, 2.05) is 12.1 Å². The fourth-order valence-electron chi connectivity index (χ4n) is 2.52. The van der Waals surface area contributed by atoms with E-state index in [0.29, 0.717) is 11.4 Å². The maximum atomic E-state index is 13.1. The molecule has 0 spiro atoms. The number of benzene rings is 1. The van der Waals surface area contributed by atoms with E-state index in [9.17, 15) is 17.8 Å². The van der Waals surface area contributed by atoms with E-state index in [0.717, 1.165) is 5.56 Å². The van der Waals surface area contributed by atoms with Crippen LogP contribution in [0.5, 0.6) is 0 Å². The van der Waals surface area contributed by atoms with Crippen LogP contribution in [0.15, 0.2) is 24.3 Å². The van der Waals surface area contributed by atoms with Crippen LogP contribution in [0.25, 0.3) is 0 Å². The molecule has 6 heteroatoms. The highest BCUT2D eigenvalue weighted by atomic mass is 32.2. The highest BCUT2D eigenvalue weighted by Gasteiger charge is 2.37. The Bertz CT molecular complexity index is 538. The Labute approximate surface area is 125 Å². The summed E-state index contributed by atoms with van der Waals surface area (Å²) in [7, 11) is -1.01. The van der Waals surface area contributed by atoms with Gasteiger partial charge in [0.15, 0.2) is 0 Å². The third kappa shape index (κ3) is 4.59. The number of amides is 1. The number of nitrogens with one attached hydrogen (secondary N) is 1. The summed E-state index contributed by atoms with van der Waals surface area (Å²) in [5, 5.41) is 2.79. The summed E-state index contributed by atoms with van der Waals surface area (Å²) in [5.74, 6) is -2.86. The molecule has 0 unspecified atom stereocenters. The third-order valence-electron chi connectivity index (χ3n) is 3.72. The molecule has 21 heavy (non-hydrogen) atoms. The monoisotopic (exact) mass is 315 g/mol. The van der Waals surface area contributed by atoms with E-state index in [1.165, 1.54) is 0 Å². The number of alkyl halides is 2. The SMILES string of the molecule is C[S@@](=O)Cc1ccccc1NC(=O)C1CCC(F)(F)CC1. The Balaban J connectivity index is 2.02. The molecule has 116 valence electrons. The zero-order valence-electron chi connectivity index (χ0n) is 11.9. The number of anilines is 1. The molecule has 2 rings (SSSR count). The van der Waals surface area contributed by atoms with Gasteiger partial charge in [0.2, 0.25) is 11.8 Å². The van der Waals surface area contributed by atoms with E-state index >= 15 is 0 Å². The molecule has 1 aromatic carbocycles. The van der Waals surface area contributed by atoms with Crippen LogP contribution in [-0.2, 0) is 21.3 Å². The van der Waals surface area contributed by atoms with E-state index < -0.39 is 16.7 Å². The minimum absolute atomic E-state index is 0.209. The Morgan fingerprint density at radius 2 is 1.95 bits per heavy atom. The molecular weight excluding hydrogens is 296 g/mol. The summed E-state index contributed by atoms with van der Waals surface area (Å²) < 4.78 is 37.6. The molecule has 1 aliphatic carbocycles. The standard InChI is InChI=1S/C15H19F2NO2S/c1-21(20)10-12-4-2-3-5-13(12)18-14(19)11-6-8-15(16,17)9-7-11/h2-5,11H,6-10H2,1H3,(H,18,19)/t21-/m1/s1. The second kappa shape index (κ2) is 6.64. The lowest BCUT2D eigenvalue weighted by molar-refractivity contribution is -0.124. The van der Waals surface area contributed by atoms with Gasteiger partial charge in [0.25, 0.3) is 0 Å². The summed E-state index contributed by atoms with van der Waals surface area (Å²) in [6.07, 6.45) is 1.56. The lowest BCUT2D eigenvalue weighted by Crippen LogP contribution is -2.32. The largest absolute Gasteiger partial charge is 0.326 e. The van der Waals surface area contributed by atoms with Crippen molar-refractivity contribution in [1.82, 2.24) is 0 Å². The van der Waals surface area contributed by atoms with Gasteiger partial charge < -0.3 is 5.32 Å². The molecule has 0 aliphatic heterocycles.